The summed E-state index contributed by atoms with van der Waals surface area (Å²) in [5.41, 5.74) is 1.61. The van der Waals surface area contributed by atoms with Crippen molar-refractivity contribution in [2.45, 2.75) is 130 Å². The third kappa shape index (κ3) is 11.5. The van der Waals surface area contributed by atoms with Gasteiger partial charge in [-0.2, -0.15) is 0 Å². The molecule has 0 unspecified atom stereocenters. The van der Waals surface area contributed by atoms with Crippen LogP contribution in [-0.4, -0.2) is 18.5 Å². The summed E-state index contributed by atoms with van der Waals surface area (Å²) in [7, 11) is 0. The van der Waals surface area contributed by atoms with Crippen LogP contribution in [-0.2, 0) is 12.6 Å². The number of rotatable bonds is 20. The molecule has 0 N–H and O–H groups in total. The summed E-state index contributed by atoms with van der Waals surface area (Å²) in [4.78, 5) is 1.67. The van der Waals surface area contributed by atoms with Crippen LogP contribution in [0.1, 0.15) is 128 Å². The normalized spacial score (nSPS) is 13.4. The van der Waals surface area contributed by atoms with E-state index in [2.05, 4.69) is 66.0 Å². The van der Waals surface area contributed by atoms with Crippen molar-refractivity contribution in [3.63, 3.8) is 0 Å². The van der Waals surface area contributed by atoms with E-state index in [1.165, 1.54) is 121 Å². The number of hydrogen-bond acceptors (Lipinski definition) is 1. The molecule has 0 saturated heterocycles. The molecule has 0 aliphatic heterocycles. The second kappa shape index (κ2) is 16.3. The molecule has 0 saturated carbocycles. The first-order valence-corrected chi connectivity index (χ1v) is 19.2. The van der Waals surface area contributed by atoms with Gasteiger partial charge in [0.1, 0.15) is 0 Å². The van der Waals surface area contributed by atoms with Crippen molar-refractivity contribution < 1.29 is 0 Å². The predicted molar refractivity (Wildman–Crippen MR) is 150 cm³/mol. The maximum atomic E-state index is 4.58. The Balaban J connectivity index is 2.62. The van der Waals surface area contributed by atoms with E-state index in [4.69, 9.17) is 0 Å². The van der Waals surface area contributed by atoms with Gasteiger partial charge in [-0.15, -0.1) is 0 Å². The summed E-state index contributed by atoms with van der Waals surface area (Å²) in [6, 6.07) is 2.58. The van der Waals surface area contributed by atoms with Gasteiger partial charge < -0.3 is 0 Å². The Morgan fingerprint density at radius 3 is 1.63 bits per heavy atom. The molecule has 0 nitrogen and oxygen atoms in total. The Morgan fingerprint density at radius 2 is 1.13 bits per heavy atom. The number of unbranched alkanes of at least 4 members (excludes halogenated alkanes) is 10. The average molecular weight is 520 g/mol. The van der Waals surface area contributed by atoms with Gasteiger partial charge in [-0.1, -0.05) is 13.3 Å². The summed E-state index contributed by atoms with van der Waals surface area (Å²) in [6.07, 6.45) is 26.5. The maximum absolute atomic E-state index is 4.58. The first kappa shape index (κ1) is 28.6. The minimum absolute atomic E-state index is 1.29. The van der Waals surface area contributed by atoms with Crippen molar-refractivity contribution in [3.8, 4) is 0 Å². The molecule has 1 rings (SSSR count). The Morgan fingerprint density at radius 1 is 0.667 bits per heavy atom. The van der Waals surface area contributed by atoms with E-state index in [0.717, 1.165) is 0 Å². The van der Waals surface area contributed by atoms with Crippen LogP contribution in [0.5, 0.6) is 0 Å². The van der Waals surface area contributed by atoms with Gasteiger partial charge in [-0.25, -0.2) is 0 Å². The molecule has 0 aromatic carbocycles. The van der Waals surface area contributed by atoms with E-state index >= 15 is 0 Å². The van der Waals surface area contributed by atoms with Gasteiger partial charge in [-0.3, -0.25) is 0 Å². The molecule has 0 radical (unpaired) electrons. The molecule has 0 fully saturated rings. The minimum atomic E-state index is -1.82. The fraction of sp³-hybridized carbons (Fsp3) is 0.852. The number of hydrogen-bond donors (Lipinski definition) is 0. The van der Waals surface area contributed by atoms with Crippen LogP contribution in [0.3, 0.4) is 0 Å². The van der Waals surface area contributed by atoms with E-state index in [0.29, 0.717) is 0 Å². The zero-order valence-electron chi connectivity index (χ0n) is 20.8. The first-order chi connectivity index (χ1) is 14.5. The van der Waals surface area contributed by atoms with Crippen LogP contribution in [0.2, 0.25) is 0 Å². The topological polar surface area (TPSA) is 0 Å². The summed E-state index contributed by atoms with van der Waals surface area (Å²) in [5.74, 6) is 0. The second-order valence-electron chi connectivity index (χ2n) is 9.86. The molecule has 1 aromatic rings. The van der Waals surface area contributed by atoms with E-state index in [1.54, 1.807) is 10.4 Å². The van der Waals surface area contributed by atoms with Crippen molar-refractivity contribution in [1.29, 1.82) is 0 Å². The van der Waals surface area contributed by atoms with Crippen LogP contribution in [0, 0.1) is 0 Å². The Hall–Kier alpha value is 0.610. The third-order valence-corrected chi connectivity index (χ3v) is 17.4. The summed E-state index contributed by atoms with van der Waals surface area (Å²) in [5, 5.41) is 0.661. The Labute approximate surface area is 202 Å². The monoisotopic (exact) mass is 518 g/mol. The molecule has 3 heteroatoms. The van der Waals surface area contributed by atoms with Crippen LogP contribution >= 0.6 is 32.1 Å². The number of thiophene rings is 1. The molecule has 0 spiro atoms. The molecule has 0 amide bonds. The zero-order chi connectivity index (χ0) is 22.2. The molecule has 0 atom stereocenters. The van der Waals surface area contributed by atoms with Gasteiger partial charge in [0, 0.05) is 0 Å². The third-order valence-electron chi connectivity index (χ3n) is 6.79. The van der Waals surface area contributed by atoms with E-state index in [1.807, 2.05) is 0 Å². The van der Waals surface area contributed by atoms with Crippen molar-refractivity contribution >= 4 is 32.1 Å². The van der Waals surface area contributed by atoms with Gasteiger partial charge in [0.2, 0.25) is 0 Å². The van der Waals surface area contributed by atoms with Crippen LogP contribution in [0.4, 0.5) is 0 Å². The summed E-state index contributed by atoms with van der Waals surface area (Å²) < 4.78 is 0. The van der Waals surface area contributed by atoms with E-state index in [9.17, 15) is 0 Å². The van der Waals surface area contributed by atoms with Gasteiger partial charge >= 0.3 is 189 Å². The first-order valence-electron chi connectivity index (χ1n) is 13.3. The SMILES string of the molecule is CCCCCCCCCCc1csc(CP(Br)(CCCC)(CCCC)CCCC)c1. The van der Waals surface area contributed by atoms with Gasteiger partial charge in [-0.05, 0) is 0 Å². The predicted octanol–water partition coefficient (Wildman–Crippen LogP) is 11.2. The fourth-order valence-electron chi connectivity index (χ4n) is 4.73. The molecular formula is C27H52BrPS. The molecule has 178 valence electrons. The molecular weight excluding hydrogens is 467 g/mol. The van der Waals surface area contributed by atoms with Crippen LogP contribution in [0.15, 0.2) is 11.4 Å². The van der Waals surface area contributed by atoms with Crippen LogP contribution in [0.25, 0.3) is 0 Å². The fourth-order valence-corrected chi connectivity index (χ4v) is 15.6. The van der Waals surface area contributed by atoms with E-state index in [-0.39, 0.29) is 0 Å². The van der Waals surface area contributed by atoms with Crippen molar-refractivity contribution in [3.05, 3.63) is 21.9 Å². The van der Waals surface area contributed by atoms with E-state index < -0.39 is 5.31 Å². The molecule has 0 aliphatic rings. The number of halogens is 1. The Kier molecular flexibility index (Phi) is 15.5. The summed E-state index contributed by atoms with van der Waals surface area (Å²) in [6.45, 7) is 9.39. The molecule has 1 aromatic heterocycles. The zero-order valence-corrected chi connectivity index (χ0v) is 24.1. The Bertz CT molecular complexity index is 514. The second-order valence-corrected chi connectivity index (χ2v) is 22.2. The van der Waals surface area contributed by atoms with Gasteiger partial charge in [0.25, 0.3) is 0 Å². The van der Waals surface area contributed by atoms with Crippen LogP contribution < -0.4 is 0 Å². The van der Waals surface area contributed by atoms with Gasteiger partial charge in [0.15, 0.2) is 0 Å². The van der Waals surface area contributed by atoms with Crippen molar-refractivity contribution in [2.24, 2.45) is 0 Å². The standard InChI is InChI=1S/C27H52BrPS/c1-5-9-13-14-15-16-17-18-19-26-23-27(30-25-26)24-29(28,20-10-6-2,21-11-7-3)22-12-8-4/h23,25H,5-22,24H2,1-4H3. The molecule has 0 bridgehead atoms. The average Bonchev–Trinajstić information content (AvgIpc) is 3.18. The quantitative estimate of drug-likeness (QED) is 0.119. The van der Waals surface area contributed by atoms with Crippen molar-refractivity contribution in [1.82, 2.24) is 0 Å². The van der Waals surface area contributed by atoms with Gasteiger partial charge in [0.05, 0.1) is 0 Å². The molecule has 0 aliphatic carbocycles. The van der Waals surface area contributed by atoms with Crippen molar-refractivity contribution in [2.75, 3.05) is 18.5 Å². The molecule has 1 heterocycles. The number of aryl methyl sites for hydroxylation is 1. The summed E-state index contributed by atoms with van der Waals surface area (Å²) >= 11 is 6.63. The molecule has 30 heavy (non-hydrogen) atoms.